The van der Waals surface area contributed by atoms with Crippen molar-refractivity contribution >= 4 is 23.4 Å². The van der Waals surface area contributed by atoms with Crippen molar-refractivity contribution in [3.8, 4) is 0 Å². The molecule has 0 radical (unpaired) electrons. The van der Waals surface area contributed by atoms with Gasteiger partial charge in [0.1, 0.15) is 17.5 Å². The molecular weight excluding hydrogens is 256 g/mol. The van der Waals surface area contributed by atoms with Gasteiger partial charge in [-0.2, -0.15) is 11.8 Å². The summed E-state index contributed by atoms with van der Waals surface area (Å²) >= 11 is 2.04. The molecule has 1 saturated heterocycles. The fourth-order valence-corrected chi connectivity index (χ4v) is 3.26. The van der Waals surface area contributed by atoms with Crippen molar-refractivity contribution in [3.05, 3.63) is 11.4 Å². The van der Waals surface area contributed by atoms with E-state index in [1.54, 1.807) is 0 Å². The zero-order valence-electron chi connectivity index (χ0n) is 12.3. The first kappa shape index (κ1) is 14.4. The summed E-state index contributed by atoms with van der Waals surface area (Å²) in [4.78, 5) is 9.06. The molecule has 19 heavy (non-hydrogen) atoms. The first-order valence-corrected chi connectivity index (χ1v) is 7.93. The Hall–Kier alpha value is -0.970. The van der Waals surface area contributed by atoms with E-state index in [4.69, 9.17) is 5.73 Å². The molecule has 0 bridgehead atoms. The summed E-state index contributed by atoms with van der Waals surface area (Å²) in [5, 5.41) is 4.16. The molecule has 4 nitrogen and oxygen atoms in total. The monoisotopic (exact) mass is 280 g/mol. The van der Waals surface area contributed by atoms with Crippen LogP contribution in [-0.4, -0.2) is 27.5 Å². The molecule has 0 aromatic carbocycles. The molecule has 1 aromatic rings. The second-order valence-corrected chi connectivity index (χ2v) is 7.58. The van der Waals surface area contributed by atoms with E-state index in [0.29, 0.717) is 11.1 Å². The van der Waals surface area contributed by atoms with Crippen molar-refractivity contribution in [1.29, 1.82) is 0 Å². The van der Waals surface area contributed by atoms with Gasteiger partial charge in [-0.15, -0.1) is 0 Å². The molecule has 1 atom stereocenters. The SMILES string of the molecule is Cc1c(N)nc(C(C)(C)C)nc1NCC1CCCS1. The van der Waals surface area contributed by atoms with Crippen LogP contribution in [0.2, 0.25) is 0 Å². The van der Waals surface area contributed by atoms with Gasteiger partial charge in [0.15, 0.2) is 0 Å². The molecule has 0 saturated carbocycles. The van der Waals surface area contributed by atoms with E-state index in [2.05, 4.69) is 36.1 Å². The van der Waals surface area contributed by atoms with Crippen LogP contribution in [0, 0.1) is 6.92 Å². The first-order chi connectivity index (χ1) is 8.88. The van der Waals surface area contributed by atoms with Crippen LogP contribution < -0.4 is 11.1 Å². The van der Waals surface area contributed by atoms with Crippen LogP contribution >= 0.6 is 11.8 Å². The third-order valence-corrected chi connectivity index (χ3v) is 4.77. The Morgan fingerprint density at radius 3 is 2.68 bits per heavy atom. The molecule has 5 heteroatoms. The second-order valence-electron chi connectivity index (χ2n) is 6.17. The minimum Gasteiger partial charge on any atom is -0.383 e. The average molecular weight is 280 g/mol. The van der Waals surface area contributed by atoms with Crippen LogP contribution in [0.3, 0.4) is 0 Å². The van der Waals surface area contributed by atoms with Crippen molar-refractivity contribution < 1.29 is 0 Å². The molecule has 0 spiro atoms. The topological polar surface area (TPSA) is 63.8 Å². The number of nitrogen functional groups attached to an aromatic ring is 1. The zero-order chi connectivity index (χ0) is 14.0. The number of rotatable bonds is 3. The van der Waals surface area contributed by atoms with E-state index in [9.17, 15) is 0 Å². The van der Waals surface area contributed by atoms with Gasteiger partial charge in [0.05, 0.1) is 0 Å². The van der Waals surface area contributed by atoms with Crippen LogP contribution in [0.25, 0.3) is 0 Å². The predicted octanol–water partition coefficient (Wildman–Crippen LogP) is 2.97. The maximum Gasteiger partial charge on any atom is 0.138 e. The van der Waals surface area contributed by atoms with E-state index in [1.165, 1.54) is 18.6 Å². The summed E-state index contributed by atoms with van der Waals surface area (Å²) < 4.78 is 0. The standard InChI is InChI=1S/C14H24N4S/c1-9-11(15)17-13(14(2,3)4)18-12(9)16-8-10-6-5-7-19-10/h10H,5-8H2,1-4H3,(H3,15,16,17,18). The van der Waals surface area contributed by atoms with Gasteiger partial charge in [0.25, 0.3) is 0 Å². The maximum absolute atomic E-state index is 6.01. The molecule has 3 N–H and O–H groups in total. The quantitative estimate of drug-likeness (QED) is 0.891. The third kappa shape index (κ3) is 3.53. The van der Waals surface area contributed by atoms with Crippen molar-refractivity contribution in [1.82, 2.24) is 9.97 Å². The molecule has 106 valence electrons. The molecule has 1 aromatic heterocycles. The predicted molar refractivity (Wildman–Crippen MR) is 83.9 cm³/mol. The summed E-state index contributed by atoms with van der Waals surface area (Å²) in [6.07, 6.45) is 2.62. The number of hydrogen-bond acceptors (Lipinski definition) is 5. The normalized spacial score (nSPS) is 19.7. The van der Waals surface area contributed by atoms with Crippen LogP contribution in [0.5, 0.6) is 0 Å². The lowest BCUT2D eigenvalue weighted by Gasteiger charge is -2.20. The van der Waals surface area contributed by atoms with E-state index >= 15 is 0 Å². The molecule has 2 heterocycles. The van der Waals surface area contributed by atoms with Gasteiger partial charge in [-0.05, 0) is 25.5 Å². The molecule has 0 aliphatic carbocycles. The number of thioether (sulfide) groups is 1. The lowest BCUT2D eigenvalue weighted by molar-refractivity contribution is 0.546. The highest BCUT2D eigenvalue weighted by Crippen LogP contribution is 2.28. The Labute approximate surface area is 120 Å². The first-order valence-electron chi connectivity index (χ1n) is 6.88. The minimum absolute atomic E-state index is 0.0830. The lowest BCUT2D eigenvalue weighted by Crippen LogP contribution is -2.21. The number of nitrogens with one attached hydrogen (secondary N) is 1. The molecule has 1 aliphatic heterocycles. The molecular formula is C14H24N4S. The molecule has 1 unspecified atom stereocenters. The summed E-state index contributed by atoms with van der Waals surface area (Å²) in [6.45, 7) is 9.26. The lowest BCUT2D eigenvalue weighted by atomic mass is 9.95. The van der Waals surface area contributed by atoms with Gasteiger partial charge >= 0.3 is 0 Å². The minimum atomic E-state index is -0.0830. The third-order valence-electron chi connectivity index (χ3n) is 3.38. The van der Waals surface area contributed by atoms with Crippen LogP contribution in [-0.2, 0) is 5.41 Å². The molecule has 0 amide bonds. The number of nitrogens with two attached hydrogens (primary N) is 1. The second kappa shape index (κ2) is 5.57. The molecule has 1 fully saturated rings. The fraction of sp³-hybridized carbons (Fsp3) is 0.714. The van der Waals surface area contributed by atoms with Gasteiger partial charge < -0.3 is 11.1 Å². The zero-order valence-corrected chi connectivity index (χ0v) is 13.1. The molecule has 2 rings (SSSR count). The van der Waals surface area contributed by atoms with Crippen LogP contribution in [0.4, 0.5) is 11.6 Å². The number of nitrogens with zero attached hydrogens (tertiary/aromatic N) is 2. The highest BCUT2D eigenvalue weighted by molar-refractivity contribution is 8.00. The highest BCUT2D eigenvalue weighted by Gasteiger charge is 2.21. The maximum atomic E-state index is 6.01. The molecule has 1 aliphatic rings. The van der Waals surface area contributed by atoms with Crippen molar-refractivity contribution in [2.24, 2.45) is 0 Å². The number of hydrogen-bond donors (Lipinski definition) is 2. The Kier molecular flexibility index (Phi) is 4.23. The smallest absolute Gasteiger partial charge is 0.138 e. The largest absolute Gasteiger partial charge is 0.383 e. The summed E-state index contributed by atoms with van der Waals surface area (Å²) in [6, 6.07) is 0. The van der Waals surface area contributed by atoms with Gasteiger partial charge in [0, 0.05) is 22.8 Å². The van der Waals surface area contributed by atoms with E-state index in [0.717, 1.165) is 23.8 Å². The van der Waals surface area contributed by atoms with Gasteiger partial charge in [0.2, 0.25) is 0 Å². The Morgan fingerprint density at radius 1 is 1.37 bits per heavy atom. The Morgan fingerprint density at radius 2 is 2.11 bits per heavy atom. The highest BCUT2D eigenvalue weighted by atomic mass is 32.2. The number of anilines is 2. The fourth-order valence-electron chi connectivity index (χ4n) is 2.06. The number of aromatic nitrogens is 2. The Balaban J connectivity index is 2.16. The van der Waals surface area contributed by atoms with Crippen LogP contribution in [0.15, 0.2) is 0 Å². The van der Waals surface area contributed by atoms with E-state index in [-0.39, 0.29) is 5.41 Å². The summed E-state index contributed by atoms with van der Waals surface area (Å²) in [5.41, 5.74) is 6.88. The van der Waals surface area contributed by atoms with Crippen molar-refractivity contribution in [3.63, 3.8) is 0 Å². The van der Waals surface area contributed by atoms with E-state index < -0.39 is 0 Å². The van der Waals surface area contributed by atoms with E-state index in [1.807, 2.05) is 18.7 Å². The summed E-state index contributed by atoms with van der Waals surface area (Å²) in [7, 11) is 0. The van der Waals surface area contributed by atoms with Crippen LogP contribution in [0.1, 0.15) is 45.0 Å². The average Bonchev–Trinajstić information content (AvgIpc) is 2.82. The summed E-state index contributed by atoms with van der Waals surface area (Å²) in [5.74, 6) is 3.56. The van der Waals surface area contributed by atoms with Gasteiger partial charge in [-0.3, -0.25) is 0 Å². The Bertz CT molecular complexity index is 447. The van der Waals surface area contributed by atoms with Gasteiger partial charge in [-0.1, -0.05) is 20.8 Å². The van der Waals surface area contributed by atoms with Crippen molar-refractivity contribution in [2.45, 2.75) is 51.2 Å². The van der Waals surface area contributed by atoms with Crippen molar-refractivity contribution in [2.75, 3.05) is 23.3 Å². The van der Waals surface area contributed by atoms with Gasteiger partial charge in [-0.25, -0.2) is 9.97 Å².